The molecule has 0 radical (unpaired) electrons. The molecule has 2 saturated heterocycles. The zero-order chi connectivity index (χ0) is 16.4. The van der Waals surface area contributed by atoms with Gasteiger partial charge in [0.15, 0.2) is 10.9 Å². The van der Waals surface area contributed by atoms with Crippen LogP contribution < -0.4 is 5.32 Å². The van der Waals surface area contributed by atoms with E-state index in [1.807, 2.05) is 18.0 Å². The highest BCUT2D eigenvalue weighted by atomic mass is 32.1. The standard InChI is InChI=1S/C16H25N3O3S/c1-11(2)13-9-17-14(23-13)18-15(20)19-6-4-5-12(10-19)16(3)21-7-8-22-16/h9,11-12H,4-8,10H2,1-3H3,(H,17,18,20)/t12-/m1/s1. The third-order valence-corrected chi connectivity index (χ3v) is 5.83. The first kappa shape index (κ1) is 16.7. The van der Waals surface area contributed by atoms with Crippen LogP contribution in [0.5, 0.6) is 0 Å². The molecule has 23 heavy (non-hydrogen) atoms. The summed E-state index contributed by atoms with van der Waals surface area (Å²) in [5.41, 5.74) is 0. The first-order chi connectivity index (χ1) is 11.0. The van der Waals surface area contributed by atoms with Crippen LogP contribution >= 0.6 is 11.3 Å². The van der Waals surface area contributed by atoms with E-state index in [4.69, 9.17) is 9.47 Å². The van der Waals surface area contributed by atoms with Gasteiger partial charge in [0.25, 0.3) is 0 Å². The number of ether oxygens (including phenoxy) is 2. The van der Waals surface area contributed by atoms with Gasteiger partial charge in [0, 0.05) is 30.1 Å². The molecule has 7 heteroatoms. The minimum atomic E-state index is -0.551. The van der Waals surface area contributed by atoms with Crippen LogP contribution in [0.25, 0.3) is 0 Å². The van der Waals surface area contributed by atoms with E-state index in [9.17, 15) is 4.79 Å². The molecule has 3 heterocycles. The van der Waals surface area contributed by atoms with Crippen molar-refractivity contribution in [3.8, 4) is 0 Å². The number of anilines is 1. The molecule has 6 nitrogen and oxygen atoms in total. The molecule has 0 bridgehead atoms. The Bertz CT molecular complexity index is 555. The summed E-state index contributed by atoms with van der Waals surface area (Å²) in [6.07, 6.45) is 3.83. The monoisotopic (exact) mass is 339 g/mol. The summed E-state index contributed by atoms with van der Waals surface area (Å²) in [6, 6.07) is -0.0825. The number of piperidine rings is 1. The van der Waals surface area contributed by atoms with Crippen molar-refractivity contribution in [2.24, 2.45) is 5.92 Å². The predicted molar refractivity (Wildman–Crippen MR) is 89.8 cm³/mol. The molecule has 3 rings (SSSR count). The van der Waals surface area contributed by atoms with E-state index in [1.54, 1.807) is 0 Å². The van der Waals surface area contributed by atoms with Crippen LogP contribution in [0.1, 0.15) is 44.4 Å². The second-order valence-corrected chi connectivity index (χ2v) is 7.71. The maximum atomic E-state index is 12.5. The number of likely N-dealkylation sites (tertiary alicyclic amines) is 1. The smallest absolute Gasteiger partial charge is 0.323 e. The highest BCUT2D eigenvalue weighted by Crippen LogP contribution is 2.34. The lowest BCUT2D eigenvalue weighted by Gasteiger charge is -2.39. The van der Waals surface area contributed by atoms with Gasteiger partial charge in [-0.15, -0.1) is 11.3 Å². The van der Waals surface area contributed by atoms with Crippen LogP contribution in [-0.2, 0) is 9.47 Å². The van der Waals surface area contributed by atoms with Crippen molar-refractivity contribution < 1.29 is 14.3 Å². The molecular weight excluding hydrogens is 314 g/mol. The Morgan fingerprint density at radius 3 is 2.87 bits per heavy atom. The van der Waals surface area contributed by atoms with Crippen molar-refractivity contribution in [2.75, 3.05) is 31.6 Å². The van der Waals surface area contributed by atoms with Gasteiger partial charge in [-0.25, -0.2) is 9.78 Å². The second kappa shape index (κ2) is 6.75. The van der Waals surface area contributed by atoms with Gasteiger partial charge in [-0.3, -0.25) is 5.32 Å². The first-order valence-electron chi connectivity index (χ1n) is 8.27. The third kappa shape index (κ3) is 3.67. The van der Waals surface area contributed by atoms with Crippen molar-refractivity contribution in [3.63, 3.8) is 0 Å². The van der Waals surface area contributed by atoms with Crippen molar-refractivity contribution in [1.29, 1.82) is 0 Å². The quantitative estimate of drug-likeness (QED) is 0.918. The van der Waals surface area contributed by atoms with Crippen LogP contribution in [0.4, 0.5) is 9.93 Å². The van der Waals surface area contributed by atoms with Gasteiger partial charge < -0.3 is 14.4 Å². The molecule has 2 fully saturated rings. The van der Waals surface area contributed by atoms with Gasteiger partial charge in [0.2, 0.25) is 0 Å². The number of hydrogen-bond acceptors (Lipinski definition) is 5. The van der Waals surface area contributed by atoms with Crippen molar-refractivity contribution in [1.82, 2.24) is 9.88 Å². The van der Waals surface area contributed by atoms with Gasteiger partial charge in [-0.05, 0) is 25.7 Å². The zero-order valence-electron chi connectivity index (χ0n) is 14.0. The summed E-state index contributed by atoms with van der Waals surface area (Å²) in [6.45, 7) is 8.92. The molecule has 1 aromatic heterocycles. The number of amides is 2. The average molecular weight is 339 g/mol. The summed E-state index contributed by atoms with van der Waals surface area (Å²) in [5, 5.41) is 3.59. The number of aromatic nitrogens is 1. The Balaban J connectivity index is 1.60. The van der Waals surface area contributed by atoms with E-state index in [0.717, 1.165) is 19.4 Å². The highest BCUT2D eigenvalue weighted by Gasteiger charge is 2.42. The van der Waals surface area contributed by atoms with Crippen LogP contribution in [0.2, 0.25) is 0 Å². The second-order valence-electron chi connectivity index (χ2n) is 6.65. The van der Waals surface area contributed by atoms with Crippen molar-refractivity contribution in [3.05, 3.63) is 11.1 Å². The molecule has 0 unspecified atom stereocenters. The lowest BCUT2D eigenvalue weighted by molar-refractivity contribution is -0.189. The molecule has 128 valence electrons. The molecule has 0 saturated carbocycles. The fraction of sp³-hybridized carbons (Fsp3) is 0.750. The Kier molecular flexibility index (Phi) is 4.89. The zero-order valence-corrected chi connectivity index (χ0v) is 14.8. The highest BCUT2D eigenvalue weighted by molar-refractivity contribution is 7.15. The van der Waals surface area contributed by atoms with Crippen LogP contribution in [0.15, 0.2) is 6.20 Å². The van der Waals surface area contributed by atoms with E-state index in [2.05, 4.69) is 24.1 Å². The minimum absolute atomic E-state index is 0.0825. The summed E-state index contributed by atoms with van der Waals surface area (Å²) in [4.78, 5) is 19.8. The Morgan fingerprint density at radius 1 is 1.48 bits per heavy atom. The van der Waals surface area contributed by atoms with Gasteiger partial charge in [-0.2, -0.15) is 0 Å². The molecule has 1 N–H and O–H groups in total. The van der Waals surface area contributed by atoms with E-state index in [-0.39, 0.29) is 11.9 Å². The average Bonchev–Trinajstić information content (AvgIpc) is 3.17. The first-order valence-corrected chi connectivity index (χ1v) is 9.09. The number of carbonyl (C=O) groups excluding carboxylic acids is 1. The number of rotatable bonds is 3. The van der Waals surface area contributed by atoms with Gasteiger partial charge >= 0.3 is 6.03 Å². The van der Waals surface area contributed by atoms with Gasteiger partial charge in [-0.1, -0.05) is 13.8 Å². The number of nitrogens with one attached hydrogen (secondary N) is 1. The van der Waals surface area contributed by atoms with Crippen LogP contribution in [-0.4, -0.2) is 48.0 Å². The number of nitrogens with zero attached hydrogens (tertiary/aromatic N) is 2. The third-order valence-electron chi connectivity index (χ3n) is 4.62. The van der Waals surface area contributed by atoms with Crippen molar-refractivity contribution >= 4 is 22.5 Å². The van der Waals surface area contributed by atoms with Crippen LogP contribution in [0.3, 0.4) is 0 Å². The maximum Gasteiger partial charge on any atom is 0.323 e. The topological polar surface area (TPSA) is 63.7 Å². The molecule has 0 spiro atoms. The molecule has 2 aliphatic rings. The molecule has 0 aromatic carbocycles. The van der Waals surface area contributed by atoms with Crippen LogP contribution in [0, 0.1) is 5.92 Å². The lowest BCUT2D eigenvalue weighted by Crippen LogP contribution is -2.49. The lowest BCUT2D eigenvalue weighted by atomic mass is 9.90. The fourth-order valence-electron chi connectivity index (χ4n) is 3.14. The van der Waals surface area contributed by atoms with Crippen molar-refractivity contribution in [2.45, 2.75) is 45.3 Å². The maximum absolute atomic E-state index is 12.5. The Labute approximate surface area is 141 Å². The summed E-state index contributed by atoms with van der Waals surface area (Å²) >= 11 is 1.54. The molecule has 2 aliphatic heterocycles. The largest absolute Gasteiger partial charge is 0.347 e. The number of thiazole rings is 1. The molecule has 1 aromatic rings. The molecular formula is C16H25N3O3S. The Hall–Kier alpha value is -1.18. The van der Waals surface area contributed by atoms with E-state index < -0.39 is 5.79 Å². The minimum Gasteiger partial charge on any atom is -0.347 e. The number of carbonyl (C=O) groups is 1. The normalized spacial score (nSPS) is 24.2. The SMILES string of the molecule is CC(C)c1cnc(NC(=O)N2CCC[C@@H](C3(C)OCCO3)C2)s1. The van der Waals surface area contributed by atoms with Gasteiger partial charge in [0.05, 0.1) is 13.2 Å². The van der Waals surface area contributed by atoms with E-state index >= 15 is 0 Å². The van der Waals surface area contributed by atoms with E-state index in [0.29, 0.717) is 30.8 Å². The number of hydrogen-bond donors (Lipinski definition) is 1. The molecule has 2 amide bonds. The predicted octanol–water partition coefficient (Wildman–Crippen LogP) is 3.27. The van der Waals surface area contributed by atoms with E-state index in [1.165, 1.54) is 16.2 Å². The summed E-state index contributed by atoms with van der Waals surface area (Å²) < 4.78 is 11.5. The Morgan fingerprint density at radius 2 is 2.22 bits per heavy atom. The van der Waals surface area contributed by atoms with Gasteiger partial charge in [0.1, 0.15) is 0 Å². The summed E-state index contributed by atoms with van der Waals surface area (Å²) in [5.74, 6) is 0.0893. The molecule has 1 atom stereocenters. The number of urea groups is 1. The summed E-state index contributed by atoms with van der Waals surface area (Å²) in [7, 11) is 0. The fourth-order valence-corrected chi connectivity index (χ4v) is 3.95. The molecule has 0 aliphatic carbocycles.